The Balaban J connectivity index is 4.61. The third kappa shape index (κ3) is 4.33. The summed E-state index contributed by atoms with van der Waals surface area (Å²) in [6, 6.07) is 1.88. The molecule has 0 aromatic rings. The van der Waals surface area contributed by atoms with E-state index in [9.17, 15) is 4.79 Å². The quantitative estimate of drug-likeness (QED) is 0.718. The van der Waals surface area contributed by atoms with E-state index >= 15 is 0 Å². The largest absolute Gasteiger partial charge is 0.329 e. The molecule has 0 aromatic heterocycles. The summed E-state index contributed by atoms with van der Waals surface area (Å²) in [5, 5.41) is 9.02. The van der Waals surface area contributed by atoms with Crippen LogP contribution in [0, 0.1) is 22.7 Å². The van der Waals surface area contributed by atoms with Gasteiger partial charge in [-0.2, -0.15) is 5.26 Å². The summed E-state index contributed by atoms with van der Waals surface area (Å²) in [5.74, 6) is 0.444. The SMILES string of the molecule is CC(C)CC(C#N)N(C)C(=O)C(C)(C)C. The minimum Gasteiger partial charge on any atom is -0.329 e. The van der Waals surface area contributed by atoms with E-state index in [-0.39, 0.29) is 11.9 Å². The fourth-order valence-electron chi connectivity index (χ4n) is 1.41. The van der Waals surface area contributed by atoms with Gasteiger partial charge in [-0.05, 0) is 12.3 Å². The van der Waals surface area contributed by atoms with Crippen LogP contribution in [0.3, 0.4) is 0 Å². The Labute approximate surface area is 93.1 Å². The number of hydrogen-bond acceptors (Lipinski definition) is 2. The molecule has 0 heterocycles. The van der Waals surface area contributed by atoms with Crippen molar-refractivity contribution in [3.63, 3.8) is 0 Å². The van der Waals surface area contributed by atoms with Gasteiger partial charge in [0.2, 0.25) is 5.91 Å². The van der Waals surface area contributed by atoms with Crippen LogP contribution < -0.4 is 0 Å². The number of nitrogens with zero attached hydrogens (tertiary/aromatic N) is 2. The molecule has 0 rings (SSSR count). The van der Waals surface area contributed by atoms with E-state index in [1.807, 2.05) is 20.8 Å². The lowest BCUT2D eigenvalue weighted by atomic mass is 9.93. The summed E-state index contributed by atoms with van der Waals surface area (Å²) in [6.07, 6.45) is 0.731. The van der Waals surface area contributed by atoms with E-state index in [1.54, 1.807) is 11.9 Å². The highest BCUT2D eigenvalue weighted by Gasteiger charge is 2.29. The zero-order valence-corrected chi connectivity index (χ0v) is 10.7. The van der Waals surface area contributed by atoms with Crippen molar-refractivity contribution in [2.45, 2.75) is 47.1 Å². The molecule has 1 atom stereocenters. The van der Waals surface area contributed by atoms with Gasteiger partial charge in [0.1, 0.15) is 6.04 Å². The average molecular weight is 210 g/mol. The highest BCUT2D eigenvalue weighted by Crippen LogP contribution is 2.20. The molecule has 0 aliphatic rings. The first-order chi connectivity index (χ1) is 6.70. The van der Waals surface area contributed by atoms with Gasteiger partial charge >= 0.3 is 0 Å². The fourth-order valence-corrected chi connectivity index (χ4v) is 1.41. The first-order valence-corrected chi connectivity index (χ1v) is 5.37. The molecule has 3 heteroatoms. The van der Waals surface area contributed by atoms with Crippen LogP contribution in [0.1, 0.15) is 41.0 Å². The Kier molecular flexibility index (Phi) is 4.80. The van der Waals surface area contributed by atoms with Gasteiger partial charge in [0.25, 0.3) is 0 Å². The molecule has 3 nitrogen and oxygen atoms in total. The zero-order chi connectivity index (χ0) is 12.2. The molecule has 0 bridgehead atoms. The molecule has 0 aromatic carbocycles. The number of nitriles is 1. The molecule has 0 radical (unpaired) electrons. The second-order valence-corrected chi connectivity index (χ2v) is 5.44. The Morgan fingerprint density at radius 3 is 2.13 bits per heavy atom. The maximum atomic E-state index is 11.9. The van der Waals surface area contributed by atoms with Crippen LogP contribution in [0.25, 0.3) is 0 Å². The molecule has 15 heavy (non-hydrogen) atoms. The van der Waals surface area contributed by atoms with Crippen molar-refractivity contribution in [1.29, 1.82) is 5.26 Å². The summed E-state index contributed by atoms with van der Waals surface area (Å²) >= 11 is 0. The van der Waals surface area contributed by atoms with E-state index in [1.165, 1.54) is 0 Å². The number of carbonyl (C=O) groups excluding carboxylic acids is 1. The number of amides is 1. The predicted octanol–water partition coefficient (Wildman–Crippen LogP) is 2.43. The molecule has 1 amide bonds. The van der Waals surface area contributed by atoms with Gasteiger partial charge in [0.05, 0.1) is 6.07 Å². The lowest BCUT2D eigenvalue weighted by Gasteiger charge is -2.30. The average Bonchev–Trinajstić information content (AvgIpc) is 2.10. The Bertz CT molecular complexity index is 258. The lowest BCUT2D eigenvalue weighted by molar-refractivity contribution is -0.139. The van der Waals surface area contributed by atoms with Crippen LogP contribution in [0.2, 0.25) is 0 Å². The molecule has 0 spiro atoms. The molecule has 0 saturated heterocycles. The van der Waals surface area contributed by atoms with Crippen LogP contribution >= 0.6 is 0 Å². The van der Waals surface area contributed by atoms with Crippen molar-refractivity contribution < 1.29 is 4.79 Å². The summed E-state index contributed by atoms with van der Waals surface area (Å²) < 4.78 is 0. The second-order valence-electron chi connectivity index (χ2n) is 5.44. The van der Waals surface area contributed by atoms with Gasteiger partial charge < -0.3 is 4.90 Å². The molecule has 1 unspecified atom stereocenters. The minimum atomic E-state index is -0.416. The number of rotatable bonds is 3. The van der Waals surface area contributed by atoms with Gasteiger partial charge in [-0.15, -0.1) is 0 Å². The standard InChI is InChI=1S/C12H22N2O/c1-9(2)7-10(8-13)14(6)11(15)12(3,4)5/h9-10H,7H2,1-6H3. The number of carbonyl (C=O) groups is 1. The molecular formula is C12H22N2O. The third-order valence-electron chi connectivity index (χ3n) is 2.27. The van der Waals surface area contributed by atoms with Crippen LogP contribution in [0.4, 0.5) is 0 Å². The van der Waals surface area contributed by atoms with Crippen LogP contribution in [0.15, 0.2) is 0 Å². The number of hydrogen-bond donors (Lipinski definition) is 0. The third-order valence-corrected chi connectivity index (χ3v) is 2.27. The lowest BCUT2D eigenvalue weighted by Crippen LogP contribution is -2.43. The summed E-state index contributed by atoms with van der Waals surface area (Å²) in [6.45, 7) is 9.72. The highest BCUT2D eigenvalue weighted by atomic mass is 16.2. The van der Waals surface area contributed by atoms with Crippen molar-refractivity contribution in [3.8, 4) is 6.07 Å². The normalized spacial score (nSPS) is 13.5. The van der Waals surface area contributed by atoms with Crippen molar-refractivity contribution in [3.05, 3.63) is 0 Å². The van der Waals surface area contributed by atoms with Gasteiger partial charge in [-0.25, -0.2) is 0 Å². The maximum Gasteiger partial charge on any atom is 0.228 e. The smallest absolute Gasteiger partial charge is 0.228 e. The Hall–Kier alpha value is -1.04. The molecule has 0 saturated carbocycles. The van der Waals surface area contributed by atoms with E-state index in [4.69, 9.17) is 5.26 Å². The van der Waals surface area contributed by atoms with Gasteiger partial charge in [-0.3, -0.25) is 4.79 Å². The second kappa shape index (κ2) is 5.16. The van der Waals surface area contributed by atoms with Crippen molar-refractivity contribution in [2.24, 2.45) is 11.3 Å². The first kappa shape index (κ1) is 14.0. The molecule has 0 aliphatic heterocycles. The molecule has 0 N–H and O–H groups in total. The van der Waals surface area contributed by atoms with Gasteiger partial charge in [0, 0.05) is 12.5 Å². The van der Waals surface area contributed by atoms with Gasteiger partial charge in [-0.1, -0.05) is 34.6 Å². The van der Waals surface area contributed by atoms with Crippen LogP contribution in [-0.4, -0.2) is 23.9 Å². The summed E-state index contributed by atoms with van der Waals surface area (Å²) in [7, 11) is 1.71. The van der Waals surface area contributed by atoms with E-state index in [2.05, 4.69) is 19.9 Å². The monoisotopic (exact) mass is 210 g/mol. The minimum absolute atomic E-state index is 0.0229. The van der Waals surface area contributed by atoms with Crippen molar-refractivity contribution >= 4 is 5.91 Å². The van der Waals surface area contributed by atoms with E-state index in [0.717, 1.165) is 6.42 Å². The van der Waals surface area contributed by atoms with Crippen molar-refractivity contribution in [2.75, 3.05) is 7.05 Å². The molecule has 86 valence electrons. The summed E-state index contributed by atoms with van der Waals surface area (Å²) in [4.78, 5) is 13.5. The molecule has 0 fully saturated rings. The highest BCUT2D eigenvalue weighted by molar-refractivity contribution is 5.81. The van der Waals surface area contributed by atoms with E-state index < -0.39 is 5.41 Å². The fraction of sp³-hybridized carbons (Fsp3) is 0.833. The van der Waals surface area contributed by atoms with Gasteiger partial charge in [0.15, 0.2) is 0 Å². The summed E-state index contributed by atoms with van der Waals surface area (Å²) in [5.41, 5.74) is -0.416. The Morgan fingerprint density at radius 1 is 1.40 bits per heavy atom. The zero-order valence-electron chi connectivity index (χ0n) is 10.7. The van der Waals surface area contributed by atoms with Crippen LogP contribution in [-0.2, 0) is 4.79 Å². The topological polar surface area (TPSA) is 44.1 Å². The first-order valence-electron chi connectivity index (χ1n) is 5.37. The van der Waals surface area contributed by atoms with Crippen molar-refractivity contribution in [1.82, 2.24) is 4.90 Å². The Morgan fingerprint density at radius 2 is 1.87 bits per heavy atom. The predicted molar refractivity (Wildman–Crippen MR) is 61.1 cm³/mol. The molecular weight excluding hydrogens is 188 g/mol. The van der Waals surface area contributed by atoms with Crippen LogP contribution in [0.5, 0.6) is 0 Å². The maximum absolute atomic E-state index is 11.9. The van der Waals surface area contributed by atoms with E-state index in [0.29, 0.717) is 5.92 Å². The molecule has 0 aliphatic carbocycles.